The molecule has 1 aliphatic rings. The molecule has 3 rings (SSSR count). The van der Waals surface area contributed by atoms with Crippen molar-refractivity contribution in [1.82, 2.24) is 5.32 Å². The average Bonchev–Trinajstić information content (AvgIpc) is 3.13. The molecule has 1 unspecified atom stereocenters. The van der Waals surface area contributed by atoms with E-state index >= 15 is 0 Å². The van der Waals surface area contributed by atoms with E-state index in [1.54, 1.807) is 20.8 Å². The van der Waals surface area contributed by atoms with Gasteiger partial charge in [0.2, 0.25) is 6.79 Å². The molecule has 0 heterocycles. The van der Waals surface area contributed by atoms with Crippen LogP contribution < -0.4 is 5.32 Å². The highest BCUT2D eigenvalue weighted by Gasteiger charge is 2.36. The van der Waals surface area contributed by atoms with Crippen LogP contribution in [0.5, 0.6) is 0 Å². The fourth-order valence-corrected chi connectivity index (χ4v) is 4.60. The van der Waals surface area contributed by atoms with Crippen LogP contribution in [0.2, 0.25) is 0 Å². The summed E-state index contributed by atoms with van der Waals surface area (Å²) in [5, 5.41) is 11.7. The number of esters is 1. The van der Waals surface area contributed by atoms with Crippen molar-refractivity contribution in [3.05, 3.63) is 59.7 Å². The van der Waals surface area contributed by atoms with E-state index in [9.17, 15) is 28.9 Å². The van der Waals surface area contributed by atoms with Crippen LogP contribution in [0.25, 0.3) is 11.1 Å². The lowest BCUT2D eigenvalue weighted by Gasteiger charge is -2.24. The Labute approximate surface area is 214 Å². The number of ether oxygens (including phenoxy) is 2. The number of alkyl carbamates (subject to hydrolysis) is 1. The number of amides is 1. The zero-order chi connectivity index (χ0) is 27.4. The minimum atomic E-state index is -4.83. The number of carbonyl (C=O) groups excluding carboxylic acids is 2. The molecule has 1 amide bonds. The molecule has 1 aliphatic carbocycles. The van der Waals surface area contributed by atoms with Crippen LogP contribution in [-0.2, 0) is 32.7 Å². The largest absolute Gasteiger partial charge is 0.480 e. The molecule has 2 aromatic rings. The maximum absolute atomic E-state index is 12.5. The molecule has 12 heteroatoms. The summed E-state index contributed by atoms with van der Waals surface area (Å²) in [6.07, 6.45) is -2.55. The molecule has 0 bridgehead atoms. The van der Waals surface area contributed by atoms with Crippen molar-refractivity contribution in [3.8, 4) is 11.1 Å². The van der Waals surface area contributed by atoms with E-state index in [-0.39, 0.29) is 12.5 Å². The number of hydrogen-bond acceptors (Lipinski definition) is 8. The Morgan fingerprint density at radius 1 is 1.00 bits per heavy atom. The molecule has 37 heavy (non-hydrogen) atoms. The van der Waals surface area contributed by atoms with E-state index in [1.807, 2.05) is 48.5 Å². The molecule has 3 N–H and O–H groups in total. The summed E-state index contributed by atoms with van der Waals surface area (Å²) < 4.78 is 31.7. The molecule has 0 radical (unpaired) electrons. The molecule has 0 aromatic heterocycles. The van der Waals surface area contributed by atoms with Crippen molar-refractivity contribution >= 4 is 25.9 Å². The first-order valence-electron chi connectivity index (χ1n) is 11.5. The number of carboxylic acids is 1. The van der Waals surface area contributed by atoms with Gasteiger partial charge in [-0.2, -0.15) is 0 Å². The molecule has 11 nitrogen and oxygen atoms in total. The van der Waals surface area contributed by atoms with Gasteiger partial charge in [0.1, 0.15) is 6.61 Å². The Morgan fingerprint density at radius 3 is 2.05 bits per heavy atom. The average molecular weight is 535 g/mol. The second-order valence-electron chi connectivity index (χ2n) is 9.49. The van der Waals surface area contributed by atoms with Crippen molar-refractivity contribution in [1.29, 1.82) is 0 Å². The fraction of sp³-hybridized carbons (Fsp3) is 0.400. The molecular formula is C25H30NO10P. The van der Waals surface area contributed by atoms with Crippen molar-refractivity contribution < 1.29 is 47.5 Å². The normalized spacial score (nSPS) is 16.0. The first-order chi connectivity index (χ1) is 17.3. The standard InChI is InChI=1S/C25H30NO10P/c1-15(36-37(31,32)35-14-34-23(29)25(2,3)4)21(22(27)28)26-24(30)33-13-20-18-11-7-5-9-16(18)17-10-6-8-12-19(17)20/h5-12,15,20-21H,13-14H2,1-4H3,(H,26,30)(H,27,28)(H,31,32)/t15-,21+/m1/s1. The van der Waals surface area contributed by atoms with Crippen LogP contribution in [0.3, 0.4) is 0 Å². The number of phosphoric ester groups is 1. The number of aliphatic carboxylic acids is 1. The van der Waals surface area contributed by atoms with Crippen molar-refractivity contribution in [3.63, 3.8) is 0 Å². The number of fused-ring (bicyclic) bond motifs is 3. The van der Waals surface area contributed by atoms with E-state index in [4.69, 9.17) is 14.0 Å². The molecule has 0 saturated heterocycles. The summed E-state index contributed by atoms with van der Waals surface area (Å²) in [4.78, 5) is 45.8. The van der Waals surface area contributed by atoms with Crippen LogP contribution in [0.1, 0.15) is 44.7 Å². The molecule has 0 spiro atoms. The highest BCUT2D eigenvalue weighted by atomic mass is 31.2. The third-order valence-corrected chi connectivity index (χ3v) is 6.70. The number of rotatable bonds is 10. The summed E-state index contributed by atoms with van der Waals surface area (Å²) >= 11 is 0. The van der Waals surface area contributed by atoms with E-state index in [2.05, 4.69) is 9.84 Å². The second kappa shape index (κ2) is 11.4. The maximum atomic E-state index is 12.5. The van der Waals surface area contributed by atoms with E-state index in [0.717, 1.165) is 29.2 Å². The third kappa shape index (κ3) is 7.17. The van der Waals surface area contributed by atoms with E-state index in [1.165, 1.54) is 0 Å². The molecule has 0 fully saturated rings. The summed E-state index contributed by atoms with van der Waals surface area (Å²) in [6.45, 7) is 4.98. The van der Waals surface area contributed by atoms with Gasteiger partial charge < -0.3 is 24.8 Å². The highest BCUT2D eigenvalue weighted by Crippen LogP contribution is 2.45. The summed E-state index contributed by atoms with van der Waals surface area (Å²) in [5.74, 6) is -2.45. The van der Waals surface area contributed by atoms with Gasteiger partial charge in [0.25, 0.3) is 0 Å². The number of benzene rings is 2. The highest BCUT2D eigenvalue weighted by molar-refractivity contribution is 7.47. The zero-order valence-corrected chi connectivity index (χ0v) is 21.8. The number of hydrogen-bond donors (Lipinski definition) is 3. The van der Waals surface area contributed by atoms with E-state index in [0.29, 0.717) is 0 Å². The van der Waals surface area contributed by atoms with Gasteiger partial charge in [-0.05, 0) is 49.9 Å². The minimum absolute atomic E-state index is 0.0534. The number of carboxylic acid groups (broad SMARTS) is 1. The first-order valence-corrected chi connectivity index (χ1v) is 13.0. The monoisotopic (exact) mass is 535 g/mol. The SMILES string of the molecule is C[C@@H](OP(=O)(O)OCOC(=O)C(C)(C)C)[C@H](NC(=O)OCC1c2ccccc2-c2ccccc21)C(=O)O. The number of carbonyl (C=O) groups is 3. The predicted octanol–water partition coefficient (Wildman–Crippen LogP) is 4.05. The second-order valence-corrected chi connectivity index (χ2v) is 10.9. The Hall–Kier alpha value is -3.24. The molecule has 0 aliphatic heterocycles. The van der Waals surface area contributed by atoms with Gasteiger partial charge in [-0.15, -0.1) is 0 Å². The summed E-state index contributed by atoms with van der Waals surface area (Å²) in [6, 6.07) is 13.7. The van der Waals surface area contributed by atoms with Gasteiger partial charge in [0, 0.05) is 5.92 Å². The molecule has 3 atom stereocenters. The third-order valence-electron chi connectivity index (χ3n) is 5.67. The van der Waals surface area contributed by atoms with Crippen molar-refractivity contribution in [2.75, 3.05) is 13.4 Å². The van der Waals surface area contributed by atoms with Crippen LogP contribution in [0.15, 0.2) is 48.5 Å². The van der Waals surface area contributed by atoms with Gasteiger partial charge in [-0.1, -0.05) is 48.5 Å². The Kier molecular flexibility index (Phi) is 8.76. The lowest BCUT2D eigenvalue weighted by Crippen LogP contribution is -2.48. The summed E-state index contributed by atoms with van der Waals surface area (Å²) in [5.41, 5.74) is 3.16. The zero-order valence-electron chi connectivity index (χ0n) is 20.9. The maximum Gasteiger partial charge on any atom is 0.475 e. The van der Waals surface area contributed by atoms with Crippen molar-refractivity contribution in [2.45, 2.75) is 45.8 Å². The van der Waals surface area contributed by atoms with Gasteiger partial charge in [0.15, 0.2) is 6.04 Å². The van der Waals surface area contributed by atoms with Gasteiger partial charge in [-0.25, -0.2) is 18.7 Å². The topological polar surface area (TPSA) is 158 Å². The van der Waals surface area contributed by atoms with Crippen LogP contribution in [0, 0.1) is 5.41 Å². The molecule has 200 valence electrons. The van der Waals surface area contributed by atoms with Gasteiger partial charge >= 0.3 is 25.9 Å². The van der Waals surface area contributed by atoms with Gasteiger partial charge in [0.05, 0.1) is 11.5 Å². The molecule has 0 saturated carbocycles. The fourth-order valence-electron chi connectivity index (χ4n) is 3.81. The number of nitrogens with one attached hydrogen (secondary N) is 1. The molecule has 2 aromatic carbocycles. The lowest BCUT2D eigenvalue weighted by atomic mass is 9.98. The predicted molar refractivity (Wildman–Crippen MR) is 131 cm³/mol. The Bertz CT molecular complexity index is 1160. The first kappa shape index (κ1) is 28.3. The smallest absolute Gasteiger partial charge is 0.475 e. The van der Waals surface area contributed by atoms with Crippen molar-refractivity contribution in [2.24, 2.45) is 5.41 Å². The summed E-state index contributed by atoms with van der Waals surface area (Å²) in [7, 11) is -4.83. The quantitative estimate of drug-likeness (QED) is 0.230. The minimum Gasteiger partial charge on any atom is -0.480 e. The van der Waals surface area contributed by atoms with E-state index < -0.39 is 50.2 Å². The van der Waals surface area contributed by atoms with Crippen LogP contribution in [-0.4, -0.2) is 53.6 Å². The van der Waals surface area contributed by atoms with Gasteiger partial charge in [-0.3, -0.25) is 9.32 Å². The Balaban J connectivity index is 1.57. The molecular weight excluding hydrogens is 505 g/mol. The Morgan fingerprint density at radius 2 is 1.54 bits per heavy atom. The van der Waals surface area contributed by atoms with Crippen LogP contribution >= 0.6 is 7.82 Å². The lowest BCUT2D eigenvalue weighted by molar-refractivity contribution is -0.160. The number of phosphoric acid groups is 1. The van der Waals surface area contributed by atoms with Crippen LogP contribution in [0.4, 0.5) is 4.79 Å².